The lowest BCUT2D eigenvalue weighted by atomic mass is 10.2. The first-order chi connectivity index (χ1) is 8.08. The molecule has 94 valence electrons. The van der Waals surface area contributed by atoms with Crippen LogP contribution < -0.4 is 16.1 Å². The fraction of sp³-hybridized carbons (Fsp3) is 0.500. The quantitative estimate of drug-likeness (QED) is 0.531. The average Bonchev–Trinajstić information content (AvgIpc) is 2.70. The monoisotopic (exact) mass is 259 g/mol. The van der Waals surface area contributed by atoms with Crippen LogP contribution in [-0.4, -0.2) is 33.4 Å². The first kappa shape index (κ1) is 12.1. The van der Waals surface area contributed by atoms with Gasteiger partial charge in [0.15, 0.2) is 0 Å². The van der Waals surface area contributed by atoms with Crippen molar-refractivity contribution in [3.8, 4) is 0 Å². The topological polar surface area (TPSA) is 122 Å². The van der Waals surface area contributed by atoms with Crippen LogP contribution in [0.5, 0.6) is 0 Å². The zero-order chi connectivity index (χ0) is 12.4. The van der Waals surface area contributed by atoms with Crippen molar-refractivity contribution in [2.75, 3.05) is 18.4 Å². The van der Waals surface area contributed by atoms with E-state index in [0.717, 1.165) is 6.42 Å². The van der Waals surface area contributed by atoms with Gasteiger partial charge in [-0.15, -0.1) is 0 Å². The summed E-state index contributed by atoms with van der Waals surface area (Å²) < 4.78 is 12.4. The van der Waals surface area contributed by atoms with Crippen molar-refractivity contribution in [1.82, 2.24) is 14.6 Å². The Balaban J connectivity index is 2.18. The third-order valence-electron chi connectivity index (χ3n) is 2.63. The minimum absolute atomic E-state index is 0.00653. The van der Waals surface area contributed by atoms with Crippen molar-refractivity contribution < 1.29 is 14.3 Å². The highest BCUT2D eigenvalue weighted by molar-refractivity contribution is 7.35. The summed E-state index contributed by atoms with van der Waals surface area (Å²) in [4.78, 5) is 23.8. The second-order valence-electron chi connectivity index (χ2n) is 3.78. The summed E-state index contributed by atoms with van der Waals surface area (Å²) in [6.07, 6.45) is 2.34. The van der Waals surface area contributed by atoms with Crippen LogP contribution in [0, 0.1) is 0 Å². The zero-order valence-corrected chi connectivity index (χ0v) is 10.0. The molecule has 8 nitrogen and oxygen atoms in total. The molecule has 2 atom stereocenters. The van der Waals surface area contributed by atoms with Gasteiger partial charge in [0.05, 0.1) is 6.04 Å². The standard InChI is InChI=1S/C8H14N5O3P/c9-7(14)6-4-13-5(3-11-17(15)16)1-2-10-8(13)12-6/h4-5,17H,1-3H2,(H2,9,14)(H,10,12)(H2,11,15,16). The molecule has 17 heavy (non-hydrogen) atoms. The number of amides is 1. The molecule has 5 N–H and O–H groups in total. The number of rotatable bonds is 4. The maximum Gasteiger partial charge on any atom is 0.268 e. The molecular weight excluding hydrogens is 245 g/mol. The number of hydrogen-bond donors (Lipinski definition) is 4. The molecule has 1 aliphatic rings. The number of aromatic nitrogens is 2. The van der Waals surface area contributed by atoms with E-state index in [4.69, 9.17) is 10.6 Å². The number of nitrogens with zero attached hydrogens (tertiary/aromatic N) is 2. The lowest BCUT2D eigenvalue weighted by molar-refractivity contribution is 0.0996. The Labute approximate surface area is 98.1 Å². The summed E-state index contributed by atoms with van der Waals surface area (Å²) in [7, 11) is -2.69. The van der Waals surface area contributed by atoms with Crippen LogP contribution in [0.4, 0.5) is 5.95 Å². The van der Waals surface area contributed by atoms with Crippen molar-refractivity contribution in [2.45, 2.75) is 12.5 Å². The summed E-state index contributed by atoms with van der Waals surface area (Å²) in [6, 6.07) is -0.00653. The maximum absolute atomic E-state index is 11.0. The summed E-state index contributed by atoms with van der Waals surface area (Å²) in [5.41, 5.74) is 5.34. The van der Waals surface area contributed by atoms with E-state index in [9.17, 15) is 9.36 Å². The number of carbonyl (C=O) groups is 1. The first-order valence-electron chi connectivity index (χ1n) is 5.17. The van der Waals surface area contributed by atoms with E-state index in [-0.39, 0.29) is 11.7 Å². The van der Waals surface area contributed by atoms with Crippen LogP contribution in [-0.2, 0) is 4.57 Å². The number of anilines is 1. The predicted octanol–water partition coefficient (Wildman–Crippen LogP) is -0.690. The molecule has 1 aromatic heterocycles. The average molecular weight is 259 g/mol. The van der Waals surface area contributed by atoms with E-state index in [1.165, 1.54) is 0 Å². The molecule has 0 fully saturated rings. The van der Waals surface area contributed by atoms with Crippen molar-refractivity contribution in [3.63, 3.8) is 0 Å². The van der Waals surface area contributed by atoms with Crippen molar-refractivity contribution in [1.29, 1.82) is 0 Å². The SMILES string of the molecule is NC(=O)c1cn2c(n1)NCCC2CN[PH](=O)O. The Bertz CT molecular complexity index is 460. The van der Waals surface area contributed by atoms with Crippen LogP contribution in [0.25, 0.3) is 0 Å². The van der Waals surface area contributed by atoms with Gasteiger partial charge in [0.25, 0.3) is 14.1 Å². The fourth-order valence-corrected chi connectivity index (χ4v) is 2.23. The Kier molecular flexibility index (Phi) is 3.46. The summed E-state index contributed by atoms with van der Waals surface area (Å²) in [5.74, 6) is -0.0226. The Morgan fingerprint density at radius 1 is 1.82 bits per heavy atom. The summed E-state index contributed by atoms with van der Waals surface area (Å²) >= 11 is 0. The Morgan fingerprint density at radius 3 is 3.24 bits per heavy atom. The van der Waals surface area contributed by atoms with Crippen LogP contribution in [0.1, 0.15) is 23.0 Å². The molecule has 1 aromatic rings. The Hall–Kier alpha value is -1.37. The van der Waals surface area contributed by atoms with Crippen LogP contribution in [0.2, 0.25) is 0 Å². The molecule has 9 heteroatoms. The number of nitrogens with two attached hydrogens (primary N) is 1. The minimum atomic E-state index is -2.69. The van der Waals surface area contributed by atoms with Gasteiger partial charge in [-0.3, -0.25) is 9.36 Å². The highest BCUT2D eigenvalue weighted by Gasteiger charge is 2.22. The molecule has 0 spiro atoms. The van der Waals surface area contributed by atoms with E-state index in [0.29, 0.717) is 19.0 Å². The highest BCUT2D eigenvalue weighted by atomic mass is 31.1. The third-order valence-corrected chi connectivity index (χ3v) is 3.13. The largest absolute Gasteiger partial charge is 0.364 e. The third kappa shape index (κ3) is 2.66. The van der Waals surface area contributed by atoms with Gasteiger partial charge in [-0.25, -0.2) is 10.1 Å². The predicted molar refractivity (Wildman–Crippen MR) is 62.1 cm³/mol. The fourth-order valence-electron chi connectivity index (χ4n) is 1.82. The van der Waals surface area contributed by atoms with E-state index in [1.807, 2.05) is 0 Å². The molecule has 0 aliphatic carbocycles. The number of primary amides is 1. The molecule has 2 rings (SSSR count). The molecule has 0 saturated carbocycles. The van der Waals surface area contributed by atoms with Crippen molar-refractivity contribution in [2.24, 2.45) is 5.73 Å². The van der Waals surface area contributed by atoms with Crippen LogP contribution in [0.3, 0.4) is 0 Å². The van der Waals surface area contributed by atoms with E-state index < -0.39 is 14.1 Å². The second-order valence-corrected chi connectivity index (χ2v) is 4.74. The van der Waals surface area contributed by atoms with Gasteiger partial charge in [0.2, 0.25) is 5.95 Å². The van der Waals surface area contributed by atoms with Gasteiger partial charge in [-0.2, -0.15) is 0 Å². The molecule has 2 unspecified atom stereocenters. The lowest BCUT2D eigenvalue weighted by Crippen LogP contribution is -2.28. The zero-order valence-electron chi connectivity index (χ0n) is 9.01. The number of hydrogen-bond acceptors (Lipinski definition) is 4. The van der Waals surface area contributed by atoms with Gasteiger partial charge in [0, 0.05) is 19.3 Å². The number of nitrogens with one attached hydrogen (secondary N) is 2. The summed E-state index contributed by atoms with van der Waals surface area (Å²) in [5, 5.41) is 5.54. The minimum Gasteiger partial charge on any atom is -0.364 e. The molecule has 0 aromatic carbocycles. The maximum atomic E-state index is 11.0. The number of carbonyl (C=O) groups excluding carboxylic acids is 1. The van der Waals surface area contributed by atoms with Gasteiger partial charge in [-0.1, -0.05) is 0 Å². The molecule has 1 aliphatic heterocycles. The van der Waals surface area contributed by atoms with E-state index >= 15 is 0 Å². The molecule has 0 radical (unpaired) electrons. The Morgan fingerprint density at radius 2 is 2.59 bits per heavy atom. The molecule has 0 saturated heterocycles. The molecular formula is C8H14N5O3P. The number of imidazole rings is 1. The lowest BCUT2D eigenvalue weighted by Gasteiger charge is -2.25. The van der Waals surface area contributed by atoms with Gasteiger partial charge < -0.3 is 20.5 Å². The van der Waals surface area contributed by atoms with Gasteiger partial charge >= 0.3 is 0 Å². The van der Waals surface area contributed by atoms with E-state index in [1.54, 1.807) is 10.8 Å². The van der Waals surface area contributed by atoms with Gasteiger partial charge in [0.1, 0.15) is 5.69 Å². The summed E-state index contributed by atoms with van der Waals surface area (Å²) in [6.45, 7) is 1.06. The molecule has 2 heterocycles. The van der Waals surface area contributed by atoms with Crippen LogP contribution >= 0.6 is 8.18 Å². The molecule has 0 bridgehead atoms. The number of fused-ring (bicyclic) bond motifs is 1. The second kappa shape index (κ2) is 4.87. The smallest absolute Gasteiger partial charge is 0.268 e. The van der Waals surface area contributed by atoms with Crippen molar-refractivity contribution in [3.05, 3.63) is 11.9 Å². The van der Waals surface area contributed by atoms with Gasteiger partial charge in [-0.05, 0) is 6.42 Å². The van der Waals surface area contributed by atoms with E-state index in [2.05, 4.69) is 15.4 Å². The normalized spacial score (nSPS) is 20.4. The molecule has 1 amide bonds. The van der Waals surface area contributed by atoms with Crippen LogP contribution in [0.15, 0.2) is 6.20 Å². The first-order valence-corrected chi connectivity index (χ1v) is 6.53. The van der Waals surface area contributed by atoms with Crippen molar-refractivity contribution >= 4 is 20.0 Å². The highest BCUT2D eigenvalue weighted by Crippen LogP contribution is 2.24.